The van der Waals surface area contributed by atoms with Crippen LogP contribution in [0.25, 0.3) is 0 Å². The maximum Gasteiger partial charge on any atom is 0.237 e. The molecule has 3 atom stereocenters. The lowest BCUT2D eigenvalue weighted by molar-refractivity contribution is -0.123. The Labute approximate surface area is 129 Å². The predicted molar refractivity (Wildman–Crippen MR) is 84.1 cm³/mol. The summed E-state index contributed by atoms with van der Waals surface area (Å²) < 4.78 is 0. The highest BCUT2D eigenvalue weighted by Gasteiger charge is 2.43. The van der Waals surface area contributed by atoms with Crippen LogP contribution in [0.3, 0.4) is 0 Å². The van der Waals surface area contributed by atoms with Crippen LogP contribution < -0.4 is 10.6 Å². The van der Waals surface area contributed by atoms with Crippen molar-refractivity contribution in [1.82, 2.24) is 10.6 Å². The van der Waals surface area contributed by atoms with E-state index in [1.807, 2.05) is 0 Å². The van der Waals surface area contributed by atoms with Crippen LogP contribution in [0.5, 0.6) is 0 Å². The summed E-state index contributed by atoms with van der Waals surface area (Å²) in [6, 6.07) is 0.709. The number of hydrogen-bond donors (Lipinski definition) is 2. The van der Waals surface area contributed by atoms with Gasteiger partial charge < -0.3 is 10.6 Å². The number of rotatable bonds is 5. The number of carbonyl (C=O) groups excluding carboxylic acids is 1. The van der Waals surface area contributed by atoms with Crippen LogP contribution in [-0.4, -0.2) is 24.5 Å². The molecule has 2 saturated carbocycles. The molecule has 20 heavy (non-hydrogen) atoms. The zero-order valence-corrected chi connectivity index (χ0v) is 13.4. The van der Waals surface area contributed by atoms with Crippen molar-refractivity contribution in [1.29, 1.82) is 0 Å². The van der Waals surface area contributed by atoms with E-state index >= 15 is 0 Å². The van der Waals surface area contributed by atoms with E-state index in [0.717, 1.165) is 18.9 Å². The number of nitrogens with one attached hydrogen (secondary N) is 2. The molecule has 2 aliphatic carbocycles. The van der Waals surface area contributed by atoms with Crippen molar-refractivity contribution in [2.75, 3.05) is 6.54 Å². The van der Waals surface area contributed by atoms with Gasteiger partial charge in [-0.2, -0.15) is 0 Å². The second kappa shape index (κ2) is 6.65. The van der Waals surface area contributed by atoms with Gasteiger partial charge in [0.15, 0.2) is 0 Å². The summed E-state index contributed by atoms with van der Waals surface area (Å²) in [4.78, 5) is 12.3. The summed E-state index contributed by atoms with van der Waals surface area (Å²) in [7, 11) is 0. The maximum absolute atomic E-state index is 12.3. The highest BCUT2D eigenvalue weighted by atomic mass is 35.5. The summed E-state index contributed by atoms with van der Waals surface area (Å²) in [5.74, 6) is 1.02. The molecule has 3 unspecified atom stereocenters. The fourth-order valence-corrected chi connectivity index (χ4v) is 4.14. The third-order valence-corrected chi connectivity index (χ3v) is 5.55. The fraction of sp³-hybridized carbons (Fsp3) is 0.938. The first kappa shape index (κ1) is 16.1. The average Bonchev–Trinajstić information content (AvgIpc) is 3.04. The monoisotopic (exact) mass is 300 g/mol. The average molecular weight is 301 g/mol. The Kier molecular flexibility index (Phi) is 5.36. The van der Waals surface area contributed by atoms with E-state index in [-0.39, 0.29) is 24.4 Å². The van der Waals surface area contributed by atoms with Gasteiger partial charge >= 0.3 is 0 Å². The van der Waals surface area contributed by atoms with Gasteiger partial charge in [-0.3, -0.25) is 4.79 Å². The third kappa shape index (κ3) is 3.48. The smallest absolute Gasteiger partial charge is 0.237 e. The van der Waals surface area contributed by atoms with E-state index in [1.54, 1.807) is 0 Å². The molecule has 4 heteroatoms. The van der Waals surface area contributed by atoms with Crippen LogP contribution in [0.15, 0.2) is 0 Å². The van der Waals surface area contributed by atoms with E-state index in [0.29, 0.717) is 11.5 Å². The van der Waals surface area contributed by atoms with Crippen molar-refractivity contribution in [3.63, 3.8) is 0 Å². The van der Waals surface area contributed by atoms with Gasteiger partial charge in [-0.05, 0) is 49.9 Å². The SMILES string of the molecule is CCCC1(CNC(=O)C2CC3CCCCC3N2)CC1.Cl. The van der Waals surface area contributed by atoms with Crippen LogP contribution in [0, 0.1) is 11.3 Å². The standard InChI is InChI=1S/C16H28N2O.ClH/c1-2-7-16(8-9-16)11-17-15(19)14-10-12-5-3-4-6-13(12)18-14;/h12-14,18H,2-11H2,1H3,(H,17,19);1H. The first-order chi connectivity index (χ1) is 9.22. The number of halogens is 1. The molecule has 1 saturated heterocycles. The first-order valence-corrected chi connectivity index (χ1v) is 8.26. The highest BCUT2D eigenvalue weighted by Crippen LogP contribution is 2.49. The van der Waals surface area contributed by atoms with Crippen molar-refractivity contribution in [3.05, 3.63) is 0 Å². The van der Waals surface area contributed by atoms with Crippen molar-refractivity contribution in [2.45, 2.75) is 76.8 Å². The molecular weight excluding hydrogens is 272 g/mol. The molecule has 0 bridgehead atoms. The maximum atomic E-state index is 12.3. The number of fused-ring (bicyclic) bond motifs is 1. The Morgan fingerprint density at radius 2 is 2.05 bits per heavy atom. The molecule has 3 fully saturated rings. The van der Waals surface area contributed by atoms with Crippen LogP contribution >= 0.6 is 12.4 Å². The van der Waals surface area contributed by atoms with Crippen LogP contribution in [0.1, 0.15) is 64.7 Å². The molecule has 0 radical (unpaired) electrons. The van der Waals surface area contributed by atoms with Crippen LogP contribution in [0.2, 0.25) is 0 Å². The summed E-state index contributed by atoms with van der Waals surface area (Å²) in [5, 5.41) is 6.79. The van der Waals surface area contributed by atoms with Crippen molar-refractivity contribution in [2.24, 2.45) is 11.3 Å². The quantitative estimate of drug-likeness (QED) is 0.819. The largest absolute Gasteiger partial charge is 0.354 e. The lowest BCUT2D eigenvalue weighted by atomic mass is 9.85. The van der Waals surface area contributed by atoms with Gasteiger partial charge in [-0.15, -0.1) is 12.4 Å². The van der Waals surface area contributed by atoms with Crippen molar-refractivity contribution < 1.29 is 4.79 Å². The third-order valence-electron chi connectivity index (χ3n) is 5.55. The molecule has 0 aromatic heterocycles. The molecule has 0 aromatic carbocycles. The molecule has 116 valence electrons. The van der Waals surface area contributed by atoms with Gasteiger partial charge in [0.1, 0.15) is 0 Å². The molecular formula is C16H29ClN2O. The first-order valence-electron chi connectivity index (χ1n) is 8.26. The molecule has 3 rings (SSSR count). The zero-order chi connectivity index (χ0) is 13.3. The van der Waals surface area contributed by atoms with Gasteiger partial charge in [0.05, 0.1) is 6.04 Å². The molecule has 1 amide bonds. The predicted octanol–water partition coefficient (Wildman–Crippen LogP) is 3.03. The minimum atomic E-state index is 0. The Bertz CT molecular complexity index is 329. The second-order valence-electron chi connectivity index (χ2n) is 7.07. The number of amides is 1. The normalized spacial score (nSPS) is 34.0. The van der Waals surface area contributed by atoms with Gasteiger partial charge in [0, 0.05) is 12.6 Å². The zero-order valence-electron chi connectivity index (χ0n) is 12.6. The van der Waals surface area contributed by atoms with Crippen molar-refractivity contribution >= 4 is 18.3 Å². The lowest BCUT2D eigenvalue weighted by Crippen LogP contribution is -2.44. The van der Waals surface area contributed by atoms with Crippen molar-refractivity contribution in [3.8, 4) is 0 Å². The Morgan fingerprint density at radius 3 is 2.70 bits per heavy atom. The second-order valence-corrected chi connectivity index (χ2v) is 7.07. The van der Waals surface area contributed by atoms with Gasteiger partial charge in [-0.1, -0.05) is 26.2 Å². The van der Waals surface area contributed by atoms with Gasteiger partial charge in [0.2, 0.25) is 5.91 Å². The summed E-state index contributed by atoms with van der Waals surface area (Å²) in [5.41, 5.74) is 0.468. The van der Waals surface area contributed by atoms with E-state index < -0.39 is 0 Å². The fourth-order valence-electron chi connectivity index (χ4n) is 4.14. The van der Waals surface area contributed by atoms with Crippen LogP contribution in [0.4, 0.5) is 0 Å². The summed E-state index contributed by atoms with van der Waals surface area (Å²) in [6.07, 6.45) is 11.5. The minimum absolute atomic E-state index is 0. The lowest BCUT2D eigenvalue weighted by Gasteiger charge is -2.24. The Morgan fingerprint density at radius 1 is 1.30 bits per heavy atom. The topological polar surface area (TPSA) is 41.1 Å². The van der Waals surface area contributed by atoms with E-state index in [9.17, 15) is 4.79 Å². The van der Waals surface area contributed by atoms with E-state index in [4.69, 9.17) is 0 Å². The molecule has 0 spiro atoms. The highest BCUT2D eigenvalue weighted by molar-refractivity contribution is 5.85. The number of hydrogen-bond acceptors (Lipinski definition) is 2. The molecule has 0 aromatic rings. The summed E-state index contributed by atoms with van der Waals surface area (Å²) >= 11 is 0. The molecule has 3 aliphatic rings. The Hall–Kier alpha value is -0.280. The van der Waals surface area contributed by atoms with E-state index in [2.05, 4.69) is 17.6 Å². The summed E-state index contributed by atoms with van der Waals surface area (Å²) in [6.45, 7) is 3.15. The van der Waals surface area contributed by atoms with Crippen LogP contribution in [-0.2, 0) is 4.79 Å². The van der Waals surface area contributed by atoms with E-state index in [1.165, 1.54) is 51.4 Å². The minimum Gasteiger partial charge on any atom is -0.354 e. The molecule has 1 heterocycles. The van der Waals surface area contributed by atoms with Gasteiger partial charge in [-0.25, -0.2) is 0 Å². The number of carbonyl (C=O) groups is 1. The Balaban J connectivity index is 0.00000147. The van der Waals surface area contributed by atoms with Gasteiger partial charge in [0.25, 0.3) is 0 Å². The molecule has 1 aliphatic heterocycles. The molecule has 3 nitrogen and oxygen atoms in total. The molecule has 2 N–H and O–H groups in total.